The Balaban J connectivity index is 2.07. The smallest absolute Gasteiger partial charge is 0.320 e. The van der Waals surface area contributed by atoms with Crippen LogP contribution in [0.2, 0.25) is 5.02 Å². The summed E-state index contributed by atoms with van der Waals surface area (Å²) in [6, 6.07) is 4.60. The SMILES string of the molecule is O=C(NCCO)Nc1ccn(-c2ncccc2Cl)n1. The van der Waals surface area contributed by atoms with Crippen LogP contribution >= 0.6 is 11.6 Å². The molecule has 8 heteroatoms. The van der Waals surface area contributed by atoms with Gasteiger partial charge in [0.1, 0.15) is 0 Å². The van der Waals surface area contributed by atoms with Gasteiger partial charge in [-0.15, -0.1) is 5.10 Å². The molecule has 2 aromatic heterocycles. The molecule has 2 aromatic rings. The van der Waals surface area contributed by atoms with Crippen molar-refractivity contribution in [3.8, 4) is 5.82 Å². The highest BCUT2D eigenvalue weighted by Crippen LogP contribution is 2.17. The Labute approximate surface area is 114 Å². The monoisotopic (exact) mass is 281 g/mol. The molecule has 100 valence electrons. The van der Waals surface area contributed by atoms with E-state index in [-0.39, 0.29) is 13.2 Å². The van der Waals surface area contributed by atoms with Crippen LogP contribution in [0, 0.1) is 0 Å². The zero-order valence-electron chi connectivity index (χ0n) is 9.88. The third-order valence-electron chi connectivity index (χ3n) is 2.18. The van der Waals surface area contributed by atoms with Crippen molar-refractivity contribution in [2.75, 3.05) is 18.5 Å². The number of aliphatic hydroxyl groups is 1. The van der Waals surface area contributed by atoms with E-state index < -0.39 is 6.03 Å². The topological polar surface area (TPSA) is 92.1 Å². The van der Waals surface area contributed by atoms with Gasteiger partial charge >= 0.3 is 6.03 Å². The van der Waals surface area contributed by atoms with Crippen molar-refractivity contribution in [2.45, 2.75) is 0 Å². The quantitative estimate of drug-likeness (QED) is 0.781. The van der Waals surface area contributed by atoms with Gasteiger partial charge in [0.05, 0.1) is 11.6 Å². The number of amides is 2. The highest BCUT2D eigenvalue weighted by molar-refractivity contribution is 6.32. The summed E-state index contributed by atoms with van der Waals surface area (Å²) in [5, 5.41) is 18.1. The first-order valence-corrected chi connectivity index (χ1v) is 5.91. The van der Waals surface area contributed by atoms with Crippen LogP contribution in [0.25, 0.3) is 5.82 Å². The van der Waals surface area contributed by atoms with Crippen molar-refractivity contribution in [3.63, 3.8) is 0 Å². The molecule has 0 aliphatic rings. The van der Waals surface area contributed by atoms with Crippen molar-refractivity contribution in [1.29, 1.82) is 0 Å². The molecule has 0 saturated carbocycles. The van der Waals surface area contributed by atoms with Crippen molar-refractivity contribution in [1.82, 2.24) is 20.1 Å². The first kappa shape index (κ1) is 13.3. The van der Waals surface area contributed by atoms with Gasteiger partial charge in [0.15, 0.2) is 11.6 Å². The molecule has 0 aliphatic heterocycles. The van der Waals surface area contributed by atoms with E-state index in [1.54, 1.807) is 30.6 Å². The lowest BCUT2D eigenvalue weighted by Crippen LogP contribution is -2.31. The first-order valence-electron chi connectivity index (χ1n) is 5.53. The highest BCUT2D eigenvalue weighted by atomic mass is 35.5. The molecular weight excluding hydrogens is 270 g/mol. The van der Waals surface area contributed by atoms with E-state index in [0.29, 0.717) is 16.7 Å². The van der Waals surface area contributed by atoms with Crippen LogP contribution in [0.3, 0.4) is 0 Å². The van der Waals surface area contributed by atoms with E-state index >= 15 is 0 Å². The Kier molecular flexibility index (Phi) is 4.32. The van der Waals surface area contributed by atoms with Gasteiger partial charge in [-0.3, -0.25) is 5.32 Å². The standard InChI is InChI=1S/C11H12ClN5O2/c12-8-2-1-4-13-10(8)17-6-3-9(16-17)15-11(19)14-5-7-18/h1-4,6,18H,5,7H2,(H2,14,15,16,19). The summed E-state index contributed by atoms with van der Waals surface area (Å²) >= 11 is 5.99. The van der Waals surface area contributed by atoms with Crippen LogP contribution in [0.5, 0.6) is 0 Å². The number of pyridine rings is 1. The molecule has 0 fully saturated rings. The number of aromatic nitrogens is 3. The molecule has 0 aromatic carbocycles. The van der Waals surface area contributed by atoms with Crippen molar-refractivity contribution in [3.05, 3.63) is 35.6 Å². The molecule has 3 N–H and O–H groups in total. The highest BCUT2D eigenvalue weighted by Gasteiger charge is 2.07. The molecule has 0 saturated heterocycles. The fourth-order valence-electron chi connectivity index (χ4n) is 1.38. The molecule has 0 bridgehead atoms. The first-order chi connectivity index (χ1) is 9.20. The molecule has 0 unspecified atom stereocenters. The third kappa shape index (κ3) is 3.43. The molecule has 7 nitrogen and oxygen atoms in total. The van der Waals surface area contributed by atoms with Gasteiger partial charge in [-0.2, -0.15) is 0 Å². The number of carbonyl (C=O) groups excluding carboxylic acids is 1. The van der Waals surface area contributed by atoms with E-state index in [2.05, 4.69) is 20.7 Å². The molecule has 2 amide bonds. The van der Waals surface area contributed by atoms with Crippen molar-refractivity contribution in [2.24, 2.45) is 0 Å². The van der Waals surface area contributed by atoms with Crippen LogP contribution in [-0.2, 0) is 0 Å². The minimum atomic E-state index is -0.439. The number of aliphatic hydroxyl groups excluding tert-OH is 1. The summed E-state index contributed by atoms with van der Waals surface area (Å²) in [6.45, 7) is 0.0595. The second kappa shape index (κ2) is 6.17. The number of hydrogen-bond acceptors (Lipinski definition) is 4. The summed E-state index contributed by atoms with van der Waals surface area (Å²) in [6.07, 6.45) is 3.24. The number of rotatable bonds is 4. The van der Waals surface area contributed by atoms with Gasteiger partial charge in [0, 0.05) is 25.0 Å². The number of anilines is 1. The number of nitrogens with one attached hydrogen (secondary N) is 2. The normalized spacial score (nSPS) is 10.2. The number of carbonyl (C=O) groups is 1. The Bertz CT molecular complexity index is 572. The molecule has 0 atom stereocenters. The van der Waals surface area contributed by atoms with Gasteiger partial charge in [0.2, 0.25) is 0 Å². The molecule has 0 radical (unpaired) electrons. The summed E-state index contributed by atoms with van der Waals surface area (Å²) in [5.74, 6) is 0.838. The van der Waals surface area contributed by atoms with Gasteiger partial charge in [-0.05, 0) is 12.1 Å². The molecule has 19 heavy (non-hydrogen) atoms. The lowest BCUT2D eigenvalue weighted by Gasteiger charge is -2.04. The Hall–Kier alpha value is -2.12. The van der Waals surface area contributed by atoms with Crippen LogP contribution in [-0.4, -0.2) is 39.1 Å². The summed E-state index contributed by atoms with van der Waals surface area (Å²) < 4.78 is 1.46. The van der Waals surface area contributed by atoms with Gasteiger partial charge in [-0.25, -0.2) is 14.5 Å². The van der Waals surface area contributed by atoms with Crippen LogP contribution in [0.15, 0.2) is 30.6 Å². The Morgan fingerprint density at radius 3 is 3.05 bits per heavy atom. The zero-order valence-corrected chi connectivity index (χ0v) is 10.6. The van der Waals surface area contributed by atoms with Crippen molar-refractivity contribution < 1.29 is 9.90 Å². The fourth-order valence-corrected chi connectivity index (χ4v) is 1.59. The molecule has 0 aliphatic carbocycles. The number of halogens is 1. The largest absolute Gasteiger partial charge is 0.395 e. The minimum Gasteiger partial charge on any atom is -0.395 e. The molecule has 2 heterocycles. The average Bonchev–Trinajstić information content (AvgIpc) is 2.85. The van der Waals surface area contributed by atoms with E-state index in [1.165, 1.54) is 4.68 Å². The van der Waals surface area contributed by atoms with Gasteiger partial charge < -0.3 is 10.4 Å². The van der Waals surface area contributed by atoms with Gasteiger partial charge in [0.25, 0.3) is 0 Å². The van der Waals surface area contributed by atoms with Crippen LogP contribution < -0.4 is 10.6 Å². The minimum absolute atomic E-state index is 0.120. The number of nitrogens with zero attached hydrogens (tertiary/aromatic N) is 3. The summed E-state index contributed by atoms with van der Waals surface area (Å²) in [4.78, 5) is 15.5. The third-order valence-corrected chi connectivity index (χ3v) is 2.48. The maximum Gasteiger partial charge on any atom is 0.320 e. The predicted octanol–water partition coefficient (Wildman–Crippen LogP) is 1.03. The van der Waals surface area contributed by atoms with Crippen LogP contribution in [0.1, 0.15) is 0 Å². The summed E-state index contributed by atoms with van der Waals surface area (Å²) in [7, 11) is 0. The fraction of sp³-hybridized carbons (Fsp3) is 0.182. The van der Waals surface area contributed by atoms with E-state index in [1.807, 2.05) is 0 Å². The second-order valence-corrected chi connectivity index (χ2v) is 3.97. The predicted molar refractivity (Wildman–Crippen MR) is 70.5 cm³/mol. The van der Waals surface area contributed by atoms with E-state index in [4.69, 9.17) is 16.7 Å². The number of hydrogen-bond donors (Lipinski definition) is 3. The number of urea groups is 1. The zero-order chi connectivity index (χ0) is 13.7. The lowest BCUT2D eigenvalue weighted by molar-refractivity contribution is 0.244. The van der Waals surface area contributed by atoms with Crippen LogP contribution in [0.4, 0.5) is 10.6 Å². The maximum atomic E-state index is 11.4. The molecule has 0 spiro atoms. The summed E-state index contributed by atoms with van der Waals surface area (Å²) in [5.41, 5.74) is 0. The second-order valence-electron chi connectivity index (χ2n) is 3.56. The van der Waals surface area contributed by atoms with E-state index in [0.717, 1.165) is 0 Å². The van der Waals surface area contributed by atoms with E-state index in [9.17, 15) is 4.79 Å². The maximum absolute atomic E-state index is 11.4. The molecule has 2 rings (SSSR count). The Morgan fingerprint density at radius 1 is 1.47 bits per heavy atom. The molecular formula is C11H12ClN5O2. The Morgan fingerprint density at radius 2 is 2.32 bits per heavy atom. The van der Waals surface area contributed by atoms with Gasteiger partial charge in [-0.1, -0.05) is 11.6 Å². The lowest BCUT2D eigenvalue weighted by atomic mass is 10.4. The van der Waals surface area contributed by atoms with Crippen molar-refractivity contribution >= 4 is 23.4 Å². The average molecular weight is 282 g/mol.